The number of carbonyl (C=O) groups is 2. The van der Waals surface area contributed by atoms with E-state index in [0.29, 0.717) is 17.9 Å². The normalized spacial score (nSPS) is 13.0. The van der Waals surface area contributed by atoms with Gasteiger partial charge in [-0.1, -0.05) is 37.8 Å². The maximum atomic E-state index is 12.3. The minimum absolute atomic E-state index is 0.337. The lowest BCUT2D eigenvalue weighted by molar-refractivity contribution is -0.110. The molecule has 1 saturated carbocycles. The van der Waals surface area contributed by atoms with Crippen molar-refractivity contribution in [3.8, 4) is 11.8 Å². The molecule has 0 saturated heterocycles. The summed E-state index contributed by atoms with van der Waals surface area (Å²) >= 11 is 0. The van der Waals surface area contributed by atoms with Crippen LogP contribution in [0, 0.1) is 11.8 Å². The first-order chi connectivity index (χ1) is 16.3. The van der Waals surface area contributed by atoms with Crippen LogP contribution in [-0.2, 0) is 11.3 Å². The van der Waals surface area contributed by atoms with E-state index in [2.05, 4.69) is 34.6 Å². The van der Waals surface area contributed by atoms with Gasteiger partial charge in [-0.2, -0.15) is 0 Å². The fourth-order valence-corrected chi connectivity index (χ4v) is 2.72. The Bertz CT molecular complexity index is 935. The zero-order valence-corrected chi connectivity index (χ0v) is 20.8. The molecule has 2 aromatic carbocycles. The average Bonchev–Trinajstić information content (AvgIpc) is 3.66. The van der Waals surface area contributed by atoms with Gasteiger partial charge in [0.15, 0.2) is 0 Å². The summed E-state index contributed by atoms with van der Waals surface area (Å²) in [5.41, 5.74) is 10.3. The fourth-order valence-electron chi connectivity index (χ4n) is 2.72. The highest BCUT2D eigenvalue weighted by Gasteiger charge is 2.26. The molecule has 0 radical (unpaired) electrons. The zero-order valence-electron chi connectivity index (χ0n) is 20.8. The molecule has 184 valence electrons. The second-order valence-electron chi connectivity index (χ2n) is 8.31. The molecule has 2 aromatic rings. The van der Waals surface area contributed by atoms with Crippen LogP contribution in [0.1, 0.15) is 67.6 Å². The van der Waals surface area contributed by atoms with Gasteiger partial charge in [0.2, 0.25) is 0 Å². The maximum absolute atomic E-state index is 12.3. The number of aldehydes is 1. The van der Waals surface area contributed by atoms with E-state index in [0.717, 1.165) is 17.7 Å². The second kappa shape index (κ2) is 15.0. The Hall–Kier alpha value is -3.02. The summed E-state index contributed by atoms with van der Waals surface area (Å²) < 4.78 is 0. The van der Waals surface area contributed by atoms with Gasteiger partial charge in [0, 0.05) is 41.9 Å². The lowest BCUT2D eigenvalue weighted by Crippen LogP contribution is -2.55. The molecule has 0 bridgehead atoms. The molecule has 34 heavy (non-hydrogen) atoms. The molecular weight excluding hydrogens is 428 g/mol. The van der Waals surface area contributed by atoms with Gasteiger partial charge >= 0.3 is 0 Å². The zero-order chi connectivity index (χ0) is 25.6. The van der Waals surface area contributed by atoms with E-state index in [1.165, 1.54) is 25.5 Å². The number of hydrogen-bond acceptors (Lipinski definition) is 6. The minimum atomic E-state index is -0.827. The standard InChI is InChI=1S/C24H27N3O2.C2H6.CH5NO/c1-24(2,25)22(16-28)27-23(29)20-11-9-18(10-12-20)4-3-17-5-7-19(8-6-17)15-26-21-13-14-21;1-2;1-2-3/h5-12,16,21-22,26H,13-15,25H2,1-2H3,(H,27,29);1-2H3;2-3H,1H3. The largest absolute Gasteiger partial charge is 0.341 e. The maximum Gasteiger partial charge on any atom is 0.251 e. The first-order valence-electron chi connectivity index (χ1n) is 11.6. The summed E-state index contributed by atoms with van der Waals surface area (Å²) in [6.45, 7) is 8.29. The van der Waals surface area contributed by atoms with E-state index in [4.69, 9.17) is 10.9 Å². The summed E-state index contributed by atoms with van der Waals surface area (Å²) in [6, 6.07) is 15.1. The first kappa shape index (κ1) is 29.0. The molecule has 0 heterocycles. The van der Waals surface area contributed by atoms with Gasteiger partial charge in [-0.05, 0) is 68.7 Å². The van der Waals surface area contributed by atoms with Crippen molar-refractivity contribution < 1.29 is 14.8 Å². The molecule has 1 unspecified atom stereocenters. The average molecular weight is 467 g/mol. The van der Waals surface area contributed by atoms with E-state index in [1.807, 2.05) is 26.0 Å². The number of nitrogens with one attached hydrogen (secondary N) is 3. The topological polar surface area (TPSA) is 116 Å². The van der Waals surface area contributed by atoms with Crippen molar-refractivity contribution in [2.75, 3.05) is 7.05 Å². The number of benzene rings is 2. The minimum Gasteiger partial charge on any atom is -0.341 e. The van der Waals surface area contributed by atoms with Crippen LogP contribution in [-0.4, -0.2) is 42.1 Å². The van der Waals surface area contributed by atoms with Gasteiger partial charge in [-0.15, -0.1) is 0 Å². The van der Waals surface area contributed by atoms with Gasteiger partial charge in [0.1, 0.15) is 12.3 Å². The third-order valence-electron chi connectivity index (χ3n) is 4.85. The smallest absolute Gasteiger partial charge is 0.251 e. The number of hydroxylamine groups is 1. The number of carbonyl (C=O) groups excluding carboxylic acids is 2. The Morgan fingerprint density at radius 1 is 1.09 bits per heavy atom. The monoisotopic (exact) mass is 466 g/mol. The van der Waals surface area contributed by atoms with E-state index in [1.54, 1.807) is 43.6 Å². The molecular formula is C27H38N4O3. The van der Waals surface area contributed by atoms with Gasteiger partial charge in [0.05, 0.1) is 0 Å². The van der Waals surface area contributed by atoms with Gasteiger partial charge in [-0.3, -0.25) is 4.79 Å². The highest BCUT2D eigenvalue weighted by Crippen LogP contribution is 2.19. The lowest BCUT2D eigenvalue weighted by Gasteiger charge is -2.26. The summed E-state index contributed by atoms with van der Waals surface area (Å²) in [6.07, 6.45) is 3.23. The van der Waals surface area contributed by atoms with Crippen LogP contribution in [0.2, 0.25) is 0 Å². The Labute approximate surface area is 203 Å². The van der Waals surface area contributed by atoms with E-state index in [9.17, 15) is 9.59 Å². The first-order valence-corrected chi connectivity index (χ1v) is 11.6. The highest BCUT2D eigenvalue weighted by atomic mass is 16.5. The predicted octanol–water partition coefficient (Wildman–Crippen LogP) is 2.99. The Kier molecular flexibility index (Phi) is 12.8. The molecule has 0 aromatic heterocycles. The highest BCUT2D eigenvalue weighted by molar-refractivity contribution is 5.96. The molecule has 0 spiro atoms. The molecule has 3 rings (SSSR count). The Morgan fingerprint density at radius 2 is 1.56 bits per heavy atom. The van der Waals surface area contributed by atoms with Crippen molar-refractivity contribution >= 4 is 12.2 Å². The van der Waals surface area contributed by atoms with E-state index in [-0.39, 0.29) is 5.91 Å². The van der Waals surface area contributed by atoms with Crippen LogP contribution in [0.3, 0.4) is 0 Å². The van der Waals surface area contributed by atoms with E-state index >= 15 is 0 Å². The van der Waals surface area contributed by atoms with Gasteiger partial charge in [-0.25, -0.2) is 5.48 Å². The van der Waals surface area contributed by atoms with Crippen molar-refractivity contribution in [3.05, 3.63) is 70.8 Å². The molecule has 7 nitrogen and oxygen atoms in total. The number of nitrogens with two attached hydrogens (primary N) is 1. The quantitative estimate of drug-likeness (QED) is 0.243. The number of amides is 1. The molecule has 1 amide bonds. The molecule has 6 N–H and O–H groups in total. The SMILES string of the molecule is CC.CC(C)(N)C(C=O)NC(=O)c1ccc(C#Cc2ccc(CNC3CC3)cc2)cc1.CNO. The second-order valence-corrected chi connectivity index (χ2v) is 8.31. The third-order valence-corrected chi connectivity index (χ3v) is 4.85. The third kappa shape index (κ3) is 10.7. The van der Waals surface area contributed by atoms with Crippen molar-refractivity contribution in [3.63, 3.8) is 0 Å². The van der Waals surface area contributed by atoms with Crippen LogP contribution in [0.4, 0.5) is 0 Å². The van der Waals surface area contributed by atoms with Crippen LogP contribution >= 0.6 is 0 Å². The molecule has 1 aliphatic carbocycles. The Morgan fingerprint density at radius 3 is 1.97 bits per heavy atom. The van der Waals surface area contributed by atoms with Crippen LogP contribution in [0.25, 0.3) is 0 Å². The van der Waals surface area contributed by atoms with Gasteiger partial charge < -0.3 is 26.4 Å². The summed E-state index contributed by atoms with van der Waals surface area (Å²) in [4.78, 5) is 23.5. The van der Waals surface area contributed by atoms with Crippen LogP contribution in [0.5, 0.6) is 0 Å². The van der Waals surface area contributed by atoms with Crippen LogP contribution in [0.15, 0.2) is 48.5 Å². The lowest BCUT2D eigenvalue weighted by atomic mass is 9.97. The van der Waals surface area contributed by atoms with Crippen molar-refractivity contribution in [2.45, 2.75) is 64.7 Å². The number of hydrogen-bond donors (Lipinski definition) is 5. The predicted molar refractivity (Wildman–Crippen MR) is 137 cm³/mol. The fraction of sp³-hybridized carbons (Fsp3) is 0.407. The van der Waals surface area contributed by atoms with Crippen molar-refractivity contribution in [2.24, 2.45) is 5.73 Å². The van der Waals surface area contributed by atoms with Crippen molar-refractivity contribution in [1.29, 1.82) is 0 Å². The van der Waals surface area contributed by atoms with Gasteiger partial charge in [0.25, 0.3) is 5.91 Å². The summed E-state index contributed by atoms with van der Waals surface area (Å²) in [7, 11) is 1.43. The molecule has 0 aliphatic heterocycles. The van der Waals surface area contributed by atoms with Crippen LogP contribution < -0.4 is 21.8 Å². The molecule has 1 aliphatic rings. The van der Waals surface area contributed by atoms with E-state index < -0.39 is 11.6 Å². The number of rotatable bonds is 7. The van der Waals surface area contributed by atoms with Crippen molar-refractivity contribution in [1.82, 2.24) is 16.1 Å². The summed E-state index contributed by atoms with van der Waals surface area (Å²) in [5, 5.41) is 13.5. The Balaban J connectivity index is 0.00000107. The molecule has 1 atom stereocenters. The summed E-state index contributed by atoms with van der Waals surface area (Å²) in [5.74, 6) is 5.91. The molecule has 7 heteroatoms. The molecule has 1 fully saturated rings.